The predicted molar refractivity (Wildman–Crippen MR) is 86.6 cm³/mol. The Balaban J connectivity index is 2.44. The molecule has 20 heavy (non-hydrogen) atoms. The van der Waals surface area contributed by atoms with Crippen molar-refractivity contribution in [3.05, 3.63) is 77.4 Å². The van der Waals surface area contributed by atoms with Gasteiger partial charge >= 0.3 is 0 Å². The molecule has 0 aromatic heterocycles. The molecule has 0 saturated heterocycles. The molecule has 0 aliphatic rings. The molecule has 0 fully saturated rings. The van der Waals surface area contributed by atoms with Gasteiger partial charge in [-0.3, -0.25) is 0 Å². The van der Waals surface area contributed by atoms with Crippen molar-refractivity contribution in [1.29, 1.82) is 0 Å². The first-order chi connectivity index (χ1) is 9.65. The maximum Gasteiger partial charge on any atom is 0.115 e. The average molecular weight is 264 g/mol. The van der Waals surface area contributed by atoms with Gasteiger partial charge < -0.3 is 5.11 Å². The molecule has 0 bridgehead atoms. The minimum absolute atomic E-state index is 0.293. The fraction of sp³-hybridized carbons (Fsp3) is 0.158. The smallest absolute Gasteiger partial charge is 0.115 e. The van der Waals surface area contributed by atoms with Gasteiger partial charge in [0, 0.05) is 0 Å². The number of benzene rings is 2. The summed E-state index contributed by atoms with van der Waals surface area (Å²) in [5.74, 6) is 0.293. The van der Waals surface area contributed by atoms with E-state index in [1.807, 2.05) is 19.1 Å². The molecule has 0 unspecified atom stereocenters. The standard InChI is InChI=1S/C19H20O/c1-4-18(15-8-6-14(3)7-9-15)19(5-2)16-10-12-17(20)13-11-16/h4-13,20H,1-3H3/b18-4+,19-5+. The molecule has 2 rings (SSSR count). The Morgan fingerprint density at radius 3 is 1.55 bits per heavy atom. The quantitative estimate of drug-likeness (QED) is 0.755. The number of rotatable bonds is 3. The van der Waals surface area contributed by atoms with Gasteiger partial charge in [0.05, 0.1) is 0 Å². The molecule has 102 valence electrons. The molecule has 0 aliphatic heterocycles. The second-order valence-electron chi connectivity index (χ2n) is 4.82. The fourth-order valence-corrected chi connectivity index (χ4v) is 2.33. The molecule has 0 heterocycles. The molecule has 1 heteroatoms. The van der Waals surface area contributed by atoms with Crippen molar-refractivity contribution >= 4 is 11.1 Å². The molecule has 0 radical (unpaired) electrons. The van der Waals surface area contributed by atoms with Gasteiger partial charge in [0.1, 0.15) is 5.75 Å². The third-order valence-electron chi connectivity index (χ3n) is 3.41. The highest BCUT2D eigenvalue weighted by atomic mass is 16.3. The molecule has 2 aromatic carbocycles. The Bertz CT molecular complexity index is 569. The first-order valence-electron chi connectivity index (χ1n) is 6.85. The SMILES string of the molecule is C/C=C(/C(=C/C)c1ccc(O)cc1)c1ccc(C)cc1. The minimum atomic E-state index is 0.293. The minimum Gasteiger partial charge on any atom is -0.508 e. The molecular formula is C19H20O. The second kappa shape index (κ2) is 6.25. The first kappa shape index (κ1) is 14.1. The summed E-state index contributed by atoms with van der Waals surface area (Å²) in [6.07, 6.45) is 4.24. The second-order valence-corrected chi connectivity index (χ2v) is 4.82. The van der Waals surface area contributed by atoms with Gasteiger partial charge in [-0.1, -0.05) is 54.1 Å². The Morgan fingerprint density at radius 1 is 0.750 bits per heavy atom. The van der Waals surface area contributed by atoms with Gasteiger partial charge in [0.25, 0.3) is 0 Å². The van der Waals surface area contributed by atoms with Crippen LogP contribution in [-0.4, -0.2) is 5.11 Å². The number of allylic oxidation sites excluding steroid dienone is 4. The third-order valence-corrected chi connectivity index (χ3v) is 3.41. The average Bonchev–Trinajstić information content (AvgIpc) is 2.47. The van der Waals surface area contributed by atoms with Crippen molar-refractivity contribution in [3.8, 4) is 5.75 Å². The lowest BCUT2D eigenvalue weighted by Gasteiger charge is -2.13. The van der Waals surface area contributed by atoms with E-state index in [0.717, 1.165) is 5.56 Å². The lowest BCUT2D eigenvalue weighted by molar-refractivity contribution is 0.475. The summed E-state index contributed by atoms with van der Waals surface area (Å²) in [6.45, 7) is 6.19. The maximum absolute atomic E-state index is 9.42. The van der Waals surface area contributed by atoms with Gasteiger partial charge in [0.15, 0.2) is 0 Å². The topological polar surface area (TPSA) is 20.2 Å². The van der Waals surface area contributed by atoms with Crippen LogP contribution in [0.2, 0.25) is 0 Å². The molecule has 0 amide bonds. The molecular weight excluding hydrogens is 244 g/mol. The van der Waals surface area contributed by atoms with Crippen LogP contribution in [0.5, 0.6) is 5.75 Å². The van der Waals surface area contributed by atoms with E-state index in [2.05, 4.69) is 50.3 Å². The van der Waals surface area contributed by atoms with Crippen molar-refractivity contribution in [3.63, 3.8) is 0 Å². The highest BCUT2D eigenvalue weighted by molar-refractivity contribution is 6.04. The largest absolute Gasteiger partial charge is 0.508 e. The fourth-order valence-electron chi connectivity index (χ4n) is 2.33. The molecule has 1 nitrogen and oxygen atoms in total. The Kier molecular flexibility index (Phi) is 4.41. The summed E-state index contributed by atoms with van der Waals surface area (Å²) < 4.78 is 0. The normalized spacial score (nSPS) is 12.6. The van der Waals surface area contributed by atoms with Crippen LogP contribution in [0.1, 0.15) is 30.5 Å². The lowest BCUT2D eigenvalue weighted by atomic mass is 9.91. The molecule has 0 atom stereocenters. The van der Waals surface area contributed by atoms with Gasteiger partial charge in [-0.25, -0.2) is 0 Å². The van der Waals surface area contributed by atoms with E-state index in [1.165, 1.54) is 22.3 Å². The monoisotopic (exact) mass is 264 g/mol. The first-order valence-corrected chi connectivity index (χ1v) is 6.85. The Hall–Kier alpha value is -2.28. The van der Waals surface area contributed by atoms with Crippen molar-refractivity contribution in [2.75, 3.05) is 0 Å². The van der Waals surface area contributed by atoms with Crippen LogP contribution < -0.4 is 0 Å². The van der Waals surface area contributed by atoms with Crippen LogP contribution in [0, 0.1) is 6.92 Å². The van der Waals surface area contributed by atoms with E-state index >= 15 is 0 Å². The molecule has 0 saturated carbocycles. The zero-order valence-corrected chi connectivity index (χ0v) is 12.2. The summed E-state index contributed by atoms with van der Waals surface area (Å²) in [5, 5.41) is 9.42. The van der Waals surface area contributed by atoms with E-state index < -0.39 is 0 Å². The summed E-state index contributed by atoms with van der Waals surface area (Å²) in [6, 6.07) is 15.9. The molecule has 0 aliphatic carbocycles. The summed E-state index contributed by atoms with van der Waals surface area (Å²) >= 11 is 0. The number of phenolic OH excluding ortho intramolecular Hbond substituents is 1. The van der Waals surface area contributed by atoms with Crippen molar-refractivity contribution < 1.29 is 5.11 Å². The van der Waals surface area contributed by atoms with Crippen LogP contribution in [0.4, 0.5) is 0 Å². The maximum atomic E-state index is 9.42. The number of hydrogen-bond acceptors (Lipinski definition) is 1. The number of phenols is 1. The zero-order valence-electron chi connectivity index (χ0n) is 12.2. The number of hydrogen-bond donors (Lipinski definition) is 1. The molecule has 1 N–H and O–H groups in total. The van der Waals surface area contributed by atoms with Crippen molar-refractivity contribution in [2.45, 2.75) is 20.8 Å². The number of aromatic hydroxyl groups is 1. The van der Waals surface area contributed by atoms with E-state index in [0.29, 0.717) is 5.75 Å². The van der Waals surface area contributed by atoms with Crippen LogP contribution in [0.15, 0.2) is 60.7 Å². The van der Waals surface area contributed by atoms with Crippen molar-refractivity contribution in [1.82, 2.24) is 0 Å². The summed E-state index contributed by atoms with van der Waals surface area (Å²) in [7, 11) is 0. The highest BCUT2D eigenvalue weighted by Crippen LogP contribution is 2.32. The van der Waals surface area contributed by atoms with E-state index in [4.69, 9.17) is 0 Å². The molecule has 0 spiro atoms. The summed E-state index contributed by atoms with van der Waals surface area (Å²) in [5.41, 5.74) is 5.96. The number of aryl methyl sites for hydroxylation is 1. The van der Waals surface area contributed by atoms with Crippen molar-refractivity contribution in [2.24, 2.45) is 0 Å². The van der Waals surface area contributed by atoms with Crippen LogP contribution >= 0.6 is 0 Å². The lowest BCUT2D eigenvalue weighted by Crippen LogP contribution is -1.90. The van der Waals surface area contributed by atoms with E-state index in [-0.39, 0.29) is 0 Å². The third kappa shape index (κ3) is 3.00. The van der Waals surface area contributed by atoms with Crippen LogP contribution in [-0.2, 0) is 0 Å². The highest BCUT2D eigenvalue weighted by Gasteiger charge is 2.09. The summed E-state index contributed by atoms with van der Waals surface area (Å²) in [4.78, 5) is 0. The van der Waals surface area contributed by atoms with Gasteiger partial charge in [-0.05, 0) is 55.2 Å². The van der Waals surface area contributed by atoms with Gasteiger partial charge in [-0.15, -0.1) is 0 Å². The predicted octanol–water partition coefficient (Wildman–Crippen LogP) is 5.21. The van der Waals surface area contributed by atoms with Gasteiger partial charge in [-0.2, -0.15) is 0 Å². The molecule has 2 aromatic rings. The van der Waals surface area contributed by atoms with Gasteiger partial charge in [0.2, 0.25) is 0 Å². The van der Waals surface area contributed by atoms with Crippen LogP contribution in [0.25, 0.3) is 11.1 Å². The zero-order chi connectivity index (χ0) is 14.5. The van der Waals surface area contributed by atoms with Crippen LogP contribution in [0.3, 0.4) is 0 Å². The van der Waals surface area contributed by atoms with E-state index in [9.17, 15) is 5.11 Å². The Morgan fingerprint density at radius 2 is 1.15 bits per heavy atom. The Labute approximate surface area is 120 Å². The van der Waals surface area contributed by atoms with E-state index in [1.54, 1.807) is 12.1 Å².